The zero-order valence-electron chi connectivity index (χ0n) is 24.1. The van der Waals surface area contributed by atoms with Gasteiger partial charge in [0.2, 0.25) is 12.6 Å². The van der Waals surface area contributed by atoms with E-state index in [0.717, 1.165) is 23.1 Å². The number of anilines is 1. The average Bonchev–Trinajstić information content (AvgIpc) is 3.39. The van der Waals surface area contributed by atoms with Crippen molar-refractivity contribution in [2.45, 2.75) is 44.1 Å². The maximum atomic E-state index is 14.7. The number of nitrogens with one attached hydrogen (secondary N) is 1. The Balaban J connectivity index is 1.80. The minimum Gasteiger partial charge on any atom is -0.460 e. The standard InChI is InChI=1S/C27H33ClF2N5O7S/c1-17(43(5,39)40)27(38,22-9-8-21(29)11-23(22)30)14-35-16-34(15-32-35)18(2)42-26(37)33(4)24-10-20(28)7-6-19(24)13-41-25(36)12-31-3/h6-11,15-18,31,38H,12-14H2,1-5H3/q+1. The van der Waals surface area contributed by atoms with Gasteiger partial charge in [-0.3, -0.25) is 9.69 Å². The van der Waals surface area contributed by atoms with E-state index in [2.05, 4.69) is 10.4 Å². The third kappa shape index (κ3) is 8.25. The summed E-state index contributed by atoms with van der Waals surface area (Å²) in [6.07, 6.45) is 1.72. The number of esters is 1. The van der Waals surface area contributed by atoms with Gasteiger partial charge in [-0.2, -0.15) is 4.57 Å². The number of sulfone groups is 1. The number of aromatic nitrogens is 3. The van der Waals surface area contributed by atoms with Crippen molar-refractivity contribution in [1.29, 1.82) is 0 Å². The molecule has 2 N–H and O–H groups in total. The lowest BCUT2D eigenvalue weighted by molar-refractivity contribution is -0.753. The van der Waals surface area contributed by atoms with Gasteiger partial charge in [-0.1, -0.05) is 23.7 Å². The van der Waals surface area contributed by atoms with Crippen molar-refractivity contribution in [2.75, 3.05) is 31.8 Å². The molecular weight excluding hydrogens is 612 g/mol. The highest BCUT2D eigenvalue weighted by molar-refractivity contribution is 7.91. The van der Waals surface area contributed by atoms with Crippen LogP contribution in [0.4, 0.5) is 19.3 Å². The van der Waals surface area contributed by atoms with Crippen molar-refractivity contribution in [3.8, 4) is 0 Å². The first-order valence-corrected chi connectivity index (χ1v) is 15.2. The van der Waals surface area contributed by atoms with E-state index in [1.165, 1.54) is 49.1 Å². The molecule has 0 aliphatic heterocycles. The molecule has 0 radical (unpaired) electrons. The highest BCUT2D eigenvalue weighted by atomic mass is 35.5. The highest BCUT2D eigenvalue weighted by Crippen LogP contribution is 2.33. The first kappa shape index (κ1) is 33.8. The van der Waals surface area contributed by atoms with Gasteiger partial charge in [-0.25, -0.2) is 22.0 Å². The number of likely N-dealkylation sites (N-methyl/N-ethyl adjacent to an activating group) is 1. The van der Waals surface area contributed by atoms with Gasteiger partial charge in [0, 0.05) is 47.5 Å². The highest BCUT2D eigenvalue weighted by Gasteiger charge is 2.46. The molecule has 0 fully saturated rings. The molecular formula is C27H33ClF2N5O7S+. The van der Waals surface area contributed by atoms with Crippen LogP contribution in [0.25, 0.3) is 0 Å². The van der Waals surface area contributed by atoms with Gasteiger partial charge < -0.3 is 19.9 Å². The van der Waals surface area contributed by atoms with E-state index >= 15 is 0 Å². The second-order valence-corrected chi connectivity index (χ2v) is 12.7. The number of hydrogen-bond donors (Lipinski definition) is 2. The Labute approximate surface area is 252 Å². The summed E-state index contributed by atoms with van der Waals surface area (Å²) in [7, 11) is -0.866. The van der Waals surface area contributed by atoms with E-state index in [1.807, 2.05) is 0 Å². The fourth-order valence-corrected chi connectivity index (χ4v) is 5.27. The van der Waals surface area contributed by atoms with E-state index < -0.39 is 62.7 Å². The molecule has 1 amide bonds. The summed E-state index contributed by atoms with van der Waals surface area (Å²) in [6.45, 7) is 2.09. The summed E-state index contributed by atoms with van der Waals surface area (Å²) in [5, 5.41) is 17.1. The molecule has 0 spiro atoms. The number of carbonyl (C=O) groups excluding carboxylic acids is 2. The van der Waals surface area contributed by atoms with E-state index in [9.17, 15) is 31.9 Å². The molecule has 0 saturated heterocycles. The maximum absolute atomic E-state index is 14.7. The lowest BCUT2D eigenvalue weighted by atomic mass is 9.90. The Morgan fingerprint density at radius 3 is 2.56 bits per heavy atom. The summed E-state index contributed by atoms with van der Waals surface area (Å²) >= 11 is 6.14. The predicted octanol–water partition coefficient (Wildman–Crippen LogP) is 2.48. The molecule has 0 aliphatic carbocycles. The molecule has 0 aliphatic rings. The van der Waals surface area contributed by atoms with Crippen molar-refractivity contribution < 1.29 is 45.9 Å². The molecule has 1 heterocycles. The number of amides is 1. The number of nitrogens with zero attached hydrogens (tertiary/aromatic N) is 4. The molecule has 1 aromatic heterocycles. The van der Waals surface area contributed by atoms with Gasteiger partial charge in [0.25, 0.3) is 6.33 Å². The largest absolute Gasteiger partial charge is 0.460 e. The molecule has 12 nitrogen and oxygen atoms in total. The van der Waals surface area contributed by atoms with Gasteiger partial charge in [0.1, 0.15) is 30.4 Å². The van der Waals surface area contributed by atoms with E-state index in [-0.39, 0.29) is 13.2 Å². The van der Waals surface area contributed by atoms with Crippen molar-refractivity contribution in [3.63, 3.8) is 0 Å². The summed E-state index contributed by atoms with van der Waals surface area (Å²) in [4.78, 5) is 26.0. The van der Waals surface area contributed by atoms with Crippen molar-refractivity contribution in [3.05, 3.63) is 76.8 Å². The number of ether oxygens (including phenoxy) is 2. The van der Waals surface area contributed by atoms with E-state index in [1.54, 1.807) is 19.2 Å². The Morgan fingerprint density at radius 1 is 1.23 bits per heavy atom. The van der Waals surface area contributed by atoms with Crippen LogP contribution in [0.15, 0.2) is 49.1 Å². The molecule has 2 aromatic carbocycles. The lowest BCUT2D eigenvalue weighted by Crippen LogP contribution is -2.47. The van der Waals surface area contributed by atoms with Crippen molar-refractivity contribution in [2.24, 2.45) is 0 Å². The van der Waals surface area contributed by atoms with Crippen LogP contribution in [0.3, 0.4) is 0 Å². The lowest BCUT2D eigenvalue weighted by Gasteiger charge is -2.31. The quantitative estimate of drug-likeness (QED) is 0.224. The zero-order chi connectivity index (χ0) is 32.1. The number of benzene rings is 2. The second-order valence-electron chi connectivity index (χ2n) is 9.92. The third-order valence-electron chi connectivity index (χ3n) is 6.80. The molecule has 0 saturated carbocycles. The topological polar surface area (TPSA) is 144 Å². The van der Waals surface area contributed by atoms with Crippen LogP contribution < -0.4 is 14.8 Å². The minimum absolute atomic E-state index is 0.00658. The minimum atomic E-state index is -3.91. The Kier molecular flexibility index (Phi) is 10.8. The Morgan fingerprint density at radius 2 is 1.93 bits per heavy atom. The molecule has 3 rings (SSSR count). The van der Waals surface area contributed by atoms with Crippen LogP contribution in [0.2, 0.25) is 5.02 Å². The SMILES string of the molecule is CNCC(=O)OCc1ccc(Cl)cc1N(C)C(=O)OC(C)[n+]1cnn(CC(O)(c2ccc(F)cc2F)C(C)S(C)(=O)=O)c1. The van der Waals surface area contributed by atoms with Crippen LogP contribution >= 0.6 is 11.6 Å². The van der Waals surface area contributed by atoms with Crippen LogP contribution in [-0.4, -0.2) is 67.5 Å². The third-order valence-corrected chi connectivity index (χ3v) is 8.71. The van der Waals surface area contributed by atoms with E-state index in [0.29, 0.717) is 22.3 Å². The van der Waals surface area contributed by atoms with Crippen LogP contribution in [0.5, 0.6) is 0 Å². The molecule has 0 bridgehead atoms. The summed E-state index contributed by atoms with van der Waals surface area (Å²) in [5.74, 6) is -2.51. The molecule has 16 heteroatoms. The van der Waals surface area contributed by atoms with Crippen molar-refractivity contribution in [1.82, 2.24) is 15.1 Å². The predicted molar refractivity (Wildman–Crippen MR) is 152 cm³/mol. The first-order valence-electron chi connectivity index (χ1n) is 12.9. The number of halogens is 3. The molecule has 43 heavy (non-hydrogen) atoms. The smallest absolute Gasteiger partial charge is 0.416 e. The average molecular weight is 645 g/mol. The van der Waals surface area contributed by atoms with Gasteiger partial charge in [0.15, 0.2) is 9.84 Å². The molecule has 3 atom stereocenters. The Bertz CT molecular complexity index is 1590. The van der Waals surface area contributed by atoms with Crippen LogP contribution in [0.1, 0.15) is 31.2 Å². The first-order chi connectivity index (χ1) is 20.1. The molecule has 3 unspecified atom stereocenters. The fourth-order valence-electron chi connectivity index (χ4n) is 4.19. The molecule has 234 valence electrons. The summed E-state index contributed by atoms with van der Waals surface area (Å²) < 4.78 is 66.4. The van der Waals surface area contributed by atoms with E-state index in [4.69, 9.17) is 21.1 Å². The Hall–Kier alpha value is -3.66. The molecule has 3 aromatic rings. The second kappa shape index (κ2) is 13.8. The summed E-state index contributed by atoms with van der Waals surface area (Å²) in [6, 6.07) is 7.15. The zero-order valence-corrected chi connectivity index (χ0v) is 25.7. The maximum Gasteiger partial charge on any atom is 0.416 e. The normalized spacial score (nSPS) is 14.4. The van der Waals surface area contributed by atoms with Crippen molar-refractivity contribution >= 4 is 39.2 Å². The number of carbonyl (C=O) groups is 2. The monoisotopic (exact) mass is 644 g/mol. The van der Waals surface area contributed by atoms with Crippen LogP contribution in [-0.2, 0) is 42.9 Å². The van der Waals surface area contributed by atoms with Gasteiger partial charge in [-0.05, 0) is 32.2 Å². The van der Waals surface area contributed by atoms with Gasteiger partial charge >= 0.3 is 12.1 Å². The summed E-state index contributed by atoms with van der Waals surface area (Å²) in [5.41, 5.74) is -1.93. The number of rotatable bonds is 12. The number of hydrogen-bond acceptors (Lipinski definition) is 9. The number of aliphatic hydroxyl groups is 1. The van der Waals surface area contributed by atoms with Crippen LogP contribution in [0, 0.1) is 11.6 Å². The van der Waals surface area contributed by atoms with Gasteiger partial charge in [0.05, 0.1) is 17.5 Å². The fraction of sp³-hybridized carbons (Fsp3) is 0.407. The van der Waals surface area contributed by atoms with Gasteiger partial charge in [-0.15, -0.1) is 4.68 Å².